The molecule has 0 radical (unpaired) electrons. The number of aromatic carboxylic acids is 1. The predicted octanol–water partition coefficient (Wildman–Crippen LogP) is 2.89. The van der Waals surface area contributed by atoms with E-state index in [-0.39, 0.29) is 5.69 Å². The summed E-state index contributed by atoms with van der Waals surface area (Å²) in [7, 11) is 0. The first kappa shape index (κ1) is 10.3. The number of hydrogen-bond donors (Lipinski definition) is 2. The van der Waals surface area contributed by atoms with Crippen LogP contribution in [0.2, 0.25) is 0 Å². The first-order valence-corrected chi connectivity index (χ1v) is 4.58. The van der Waals surface area contributed by atoms with E-state index < -0.39 is 5.97 Å². The highest BCUT2D eigenvalue weighted by molar-refractivity contribution is 5.93. The van der Waals surface area contributed by atoms with Crippen LogP contribution in [0.4, 0.5) is 0 Å². The van der Waals surface area contributed by atoms with E-state index >= 15 is 0 Å². The number of aromatic nitrogens is 1. The van der Waals surface area contributed by atoms with Crippen molar-refractivity contribution in [3.63, 3.8) is 0 Å². The zero-order valence-electron chi connectivity index (χ0n) is 8.24. The Labute approximate surface area is 82.4 Å². The number of hydrogen-bond acceptors (Lipinski definition) is 1. The van der Waals surface area contributed by atoms with E-state index in [1.165, 1.54) is 0 Å². The van der Waals surface area contributed by atoms with Crippen LogP contribution in [0.3, 0.4) is 0 Å². The number of para-hydroxylation sites is 1. The highest BCUT2D eigenvalue weighted by Gasteiger charge is 2.05. The Balaban J connectivity index is 0.000000461. The zero-order chi connectivity index (χ0) is 10.6. The van der Waals surface area contributed by atoms with Gasteiger partial charge in [-0.05, 0) is 12.1 Å². The summed E-state index contributed by atoms with van der Waals surface area (Å²) in [4.78, 5) is 13.3. The van der Waals surface area contributed by atoms with Gasteiger partial charge in [-0.3, -0.25) is 0 Å². The monoisotopic (exact) mass is 191 g/mol. The molecule has 0 aliphatic rings. The lowest BCUT2D eigenvalue weighted by molar-refractivity contribution is 0.0691. The van der Waals surface area contributed by atoms with Crippen LogP contribution in [0.5, 0.6) is 0 Å². The van der Waals surface area contributed by atoms with Gasteiger partial charge in [0.05, 0.1) is 0 Å². The number of benzene rings is 1. The van der Waals surface area contributed by atoms with Crippen molar-refractivity contribution in [2.45, 2.75) is 13.8 Å². The number of rotatable bonds is 1. The minimum atomic E-state index is -0.925. The third kappa shape index (κ3) is 1.93. The fraction of sp³-hybridized carbons (Fsp3) is 0.182. The second kappa shape index (κ2) is 4.46. The number of H-pyrrole nitrogens is 1. The van der Waals surface area contributed by atoms with E-state index in [0.29, 0.717) is 0 Å². The van der Waals surface area contributed by atoms with Crippen LogP contribution in [-0.2, 0) is 0 Å². The lowest BCUT2D eigenvalue weighted by Crippen LogP contribution is -1.94. The molecule has 3 nitrogen and oxygen atoms in total. The van der Waals surface area contributed by atoms with Crippen molar-refractivity contribution in [2.24, 2.45) is 0 Å². The summed E-state index contributed by atoms with van der Waals surface area (Å²) in [5.41, 5.74) is 1.09. The zero-order valence-corrected chi connectivity index (χ0v) is 8.24. The molecule has 0 saturated carbocycles. The topological polar surface area (TPSA) is 53.1 Å². The van der Waals surface area contributed by atoms with Crippen molar-refractivity contribution >= 4 is 16.9 Å². The molecule has 0 saturated heterocycles. The first-order chi connectivity index (χ1) is 6.77. The Morgan fingerprint density at radius 3 is 2.50 bits per heavy atom. The van der Waals surface area contributed by atoms with E-state index in [9.17, 15) is 4.79 Å². The molecule has 1 aromatic heterocycles. The summed E-state index contributed by atoms with van der Waals surface area (Å²) in [6, 6.07) is 9.09. The Morgan fingerprint density at radius 2 is 1.93 bits per heavy atom. The van der Waals surface area contributed by atoms with Crippen LogP contribution < -0.4 is 0 Å². The third-order valence-corrected chi connectivity index (χ3v) is 1.76. The fourth-order valence-electron chi connectivity index (χ4n) is 1.19. The number of fused-ring (bicyclic) bond motifs is 1. The second-order valence-corrected chi connectivity index (χ2v) is 2.58. The molecular formula is C11H13NO2. The molecule has 0 aliphatic carbocycles. The summed E-state index contributed by atoms with van der Waals surface area (Å²) in [6.45, 7) is 4.00. The molecule has 0 amide bonds. The summed E-state index contributed by atoms with van der Waals surface area (Å²) in [5, 5.41) is 9.58. The average Bonchev–Trinajstić information content (AvgIpc) is 2.64. The summed E-state index contributed by atoms with van der Waals surface area (Å²) in [5.74, 6) is -0.925. The van der Waals surface area contributed by atoms with Gasteiger partial charge in [0.2, 0.25) is 0 Å². The van der Waals surface area contributed by atoms with Crippen LogP contribution in [0.25, 0.3) is 10.9 Å². The van der Waals surface area contributed by atoms with Crippen LogP contribution in [0.15, 0.2) is 30.3 Å². The molecule has 2 N–H and O–H groups in total. The maximum atomic E-state index is 10.5. The van der Waals surface area contributed by atoms with Crippen molar-refractivity contribution in [1.82, 2.24) is 4.98 Å². The Morgan fingerprint density at radius 1 is 1.29 bits per heavy atom. The number of aromatic amines is 1. The first-order valence-electron chi connectivity index (χ1n) is 4.58. The van der Waals surface area contributed by atoms with Crippen molar-refractivity contribution in [3.8, 4) is 0 Å². The molecule has 0 unspecified atom stereocenters. The molecule has 2 aromatic rings. The SMILES string of the molecule is CC.O=C(O)c1cc2ccccc2[nH]1. The normalized spacial score (nSPS) is 9.29. The van der Waals surface area contributed by atoms with Crippen molar-refractivity contribution in [1.29, 1.82) is 0 Å². The number of carboxylic acid groups (broad SMARTS) is 1. The standard InChI is InChI=1S/C9H7NO2.C2H6/c11-9(12)8-5-6-3-1-2-4-7(6)10-8;1-2/h1-5,10H,(H,11,12);1-2H3. The van der Waals surface area contributed by atoms with Gasteiger partial charge < -0.3 is 10.1 Å². The van der Waals surface area contributed by atoms with Gasteiger partial charge in [-0.15, -0.1) is 0 Å². The molecular weight excluding hydrogens is 178 g/mol. The lowest BCUT2D eigenvalue weighted by Gasteiger charge is -1.84. The van der Waals surface area contributed by atoms with Gasteiger partial charge in [0, 0.05) is 10.9 Å². The van der Waals surface area contributed by atoms with E-state index in [0.717, 1.165) is 10.9 Å². The molecule has 1 aromatic carbocycles. The summed E-state index contributed by atoms with van der Waals surface area (Å²) >= 11 is 0. The van der Waals surface area contributed by atoms with Crippen LogP contribution in [-0.4, -0.2) is 16.1 Å². The molecule has 0 bridgehead atoms. The smallest absolute Gasteiger partial charge is 0.352 e. The number of nitrogens with one attached hydrogen (secondary N) is 1. The van der Waals surface area contributed by atoms with Crippen molar-refractivity contribution < 1.29 is 9.90 Å². The highest BCUT2D eigenvalue weighted by Crippen LogP contribution is 2.13. The Bertz CT molecular complexity index is 399. The lowest BCUT2D eigenvalue weighted by atomic mass is 10.2. The summed E-state index contributed by atoms with van der Waals surface area (Å²) in [6.07, 6.45) is 0. The average molecular weight is 191 g/mol. The van der Waals surface area contributed by atoms with E-state index in [2.05, 4.69) is 4.98 Å². The van der Waals surface area contributed by atoms with Gasteiger partial charge in [-0.1, -0.05) is 32.0 Å². The van der Waals surface area contributed by atoms with Gasteiger partial charge in [-0.25, -0.2) is 4.79 Å². The summed E-state index contributed by atoms with van der Waals surface area (Å²) < 4.78 is 0. The molecule has 0 fully saturated rings. The third-order valence-electron chi connectivity index (χ3n) is 1.76. The van der Waals surface area contributed by atoms with E-state index in [4.69, 9.17) is 5.11 Å². The minimum absolute atomic E-state index is 0.233. The van der Waals surface area contributed by atoms with E-state index in [1.54, 1.807) is 6.07 Å². The van der Waals surface area contributed by atoms with Gasteiger partial charge in [0.15, 0.2) is 0 Å². The van der Waals surface area contributed by atoms with E-state index in [1.807, 2.05) is 38.1 Å². The molecule has 0 aliphatic heterocycles. The number of carboxylic acids is 1. The molecule has 1 heterocycles. The molecule has 3 heteroatoms. The highest BCUT2D eigenvalue weighted by atomic mass is 16.4. The van der Waals surface area contributed by atoms with Crippen LogP contribution in [0, 0.1) is 0 Å². The predicted molar refractivity (Wildman–Crippen MR) is 56.6 cm³/mol. The Hall–Kier alpha value is -1.77. The maximum Gasteiger partial charge on any atom is 0.352 e. The van der Waals surface area contributed by atoms with Crippen LogP contribution in [0.1, 0.15) is 24.3 Å². The van der Waals surface area contributed by atoms with Crippen LogP contribution >= 0.6 is 0 Å². The van der Waals surface area contributed by atoms with Gasteiger partial charge >= 0.3 is 5.97 Å². The van der Waals surface area contributed by atoms with Gasteiger partial charge in [0.1, 0.15) is 5.69 Å². The molecule has 0 atom stereocenters. The van der Waals surface area contributed by atoms with Gasteiger partial charge in [0.25, 0.3) is 0 Å². The maximum absolute atomic E-state index is 10.5. The quantitative estimate of drug-likeness (QED) is 0.728. The number of carbonyl (C=O) groups is 1. The van der Waals surface area contributed by atoms with Crippen molar-refractivity contribution in [3.05, 3.63) is 36.0 Å². The fourth-order valence-corrected chi connectivity index (χ4v) is 1.19. The van der Waals surface area contributed by atoms with Gasteiger partial charge in [-0.2, -0.15) is 0 Å². The Kier molecular flexibility index (Phi) is 3.29. The second-order valence-electron chi connectivity index (χ2n) is 2.58. The molecule has 74 valence electrons. The van der Waals surface area contributed by atoms with Crippen molar-refractivity contribution in [2.75, 3.05) is 0 Å². The minimum Gasteiger partial charge on any atom is -0.477 e. The molecule has 2 rings (SSSR count). The molecule has 14 heavy (non-hydrogen) atoms. The molecule has 0 spiro atoms. The largest absolute Gasteiger partial charge is 0.477 e.